The predicted octanol–water partition coefficient (Wildman–Crippen LogP) is 4.89. The molecule has 1 aliphatic heterocycles. The molecule has 8 heteroatoms. The van der Waals surface area contributed by atoms with Crippen molar-refractivity contribution in [3.05, 3.63) is 69.5 Å². The molecule has 1 aliphatic rings. The summed E-state index contributed by atoms with van der Waals surface area (Å²) in [4.78, 5) is 10.5. The van der Waals surface area contributed by atoms with Gasteiger partial charge in [0.05, 0.1) is 36.0 Å². The summed E-state index contributed by atoms with van der Waals surface area (Å²) in [7, 11) is 0. The Balaban J connectivity index is 1.73. The first-order chi connectivity index (χ1) is 15.5. The molecule has 1 heterocycles. The highest BCUT2D eigenvalue weighted by Crippen LogP contribution is 2.28. The average molecular weight is 457 g/mol. The Kier molecular flexibility index (Phi) is 7.69. The average Bonchev–Trinajstić information content (AvgIpc) is 3.10. The molecule has 0 spiro atoms. The fourth-order valence-electron chi connectivity index (χ4n) is 3.31. The number of ether oxygens (including phenoxy) is 3. The van der Waals surface area contributed by atoms with Crippen LogP contribution in [0.5, 0.6) is 0 Å². The molecule has 1 unspecified atom stereocenters. The van der Waals surface area contributed by atoms with E-state index >= 15 is 0 Å². The molecule has 3 rings (SSSR count). The van der Waals surface area contributed by atoms with E-state index in [1.165, 1.54) is 0 Å². The molecule has 1 fully saturated rings. The molecule has 0 aliphatic carbocycles. The van der Waals surface area contributed by atoms with Crippen LogP contribution in [-0.4, -0.2) is 36.6 Å². The van der Waals surface area contributed by atoms with Gasteiger partial charge in [-0.15, -0.1) is 0 Å². The van der Waals surface area contributed by atoms with Gasteiger partial charge in [0.1, 0.15) is 6.10 Å². The van der Waals surface area contributed by atoms with E-state index in [-0.39, 0.29) is 6.10 Å². The number of rotatable bonds is 8. The van der Waals surface area contributed by atoms with Crippen LogP contribution in [-0.2, 0) is 20.8 Å². The molecule has 0 bridgehead atoms. The molecule has 0 radical (unpaired) electrons. The van der Waals surface area contributed by atoms with Gasteiger partial charge in [-0.05, 0) is 33.3 Å². The summed E-state index contributed by atoms with van der Waals surface area (Å²) >= 11 is 0. The Morgan fingerprint density at radius 1 is 1.30 bits per heavy atom. The minimum Gasteiger partial charge on any atom is -0.381 e. The number of nitrogens with one attached hydrogen (secondary N) is 1. The van der Waals surface area contributed by atoms with Gasteiger partial charge in [-0.2, -0.15) is 4.39 Å². The quantitative estimate of drug-likeness (QED) is 0.346. The van der Waals surface area contributed by atoms with E-state index in [1.54, 1.807) is 0 Å². The second kappa shape index (κ2) is 10.3. The van der Waals surface area contributed by atoms with Gasteiger partial charge in [-0.25, -0.2) is 0 Å². The second-order valence-corrected chi connectivity index (χ2v) is 9.05. The predicted molar refractivity (Wildman–Crippen MR) is 123 cm³/mol. The van der Waals surface area contributed by atoms with Crippen molar-refractivity contribution in [3.8, 4) is 11.8 Å². The number of nitro groups is 1. The topological polar surface area (TPSA) is 82.9 Å². The van der Waals surface area contributed by atoms with Crippen LogP contribution in [0.4, 0.5) is 15.8 Å². The summed E-state index contributed by atoms with van der Waals surface area (Å²) < 4.78 is 31.4. The SMILES string of the molecule is CC(C)(C#Cc1cc([N+](=O)[O-])c(F)cc1NCC1COC(C)(C)O1)COCc1ccccc1. The Labute approximate surface area is 193 Å². The highest BCUT2D eigenvalue weighted by Gasteiger charge is 2.32. The molecule has 7 nitrogen and oxygen atoms in total. The van der Waals surface area contributed by atoms with Crippen LogP contribution in [0.1, 0.15) is 38.8 Å². The van der Waals surface area contributed by atoms with Crippen molar-refractivity contribution < 1.29 is 23.5 Å². The fourth-order valence-corrected chi connectivity index (χ4v) is 3.31. The van der Waals surface area contributed by atoms with Crippen molar-refractivity contribution in [2.45, 2.75) is 46.2 Å². The maximum absolute atomic E-state index is 14.3. The first-order valence-electron chi connectivity index (χ1n) is 10.7. The lowest BCUT2D eigenvalue weighted by Gasteiger charge is -2.19. The lowest BCUT2D eigenvalue weighted by molar-refractivity contribution is -0.387. The van der Waals surface area contributed by atoms with Crippen LogP contribution < -0.4 is 5.32 Å². The maximum Gasteiger partial charge on any atom is 0.306 e. The largest absolute Gasteiger partial charge is 0.381 e. The second-order valence-electron chi connectivity index (χ2n) is 9.05. The van der Waals surface area contributed by atoms with E-state index in [2.05, 4.69) is 17.2 Å². The molecule has 176 valence electrons. The van der Waals surface area contributed by atoms with Crippen molar-refractivity contribution in [1.29, 1.82) is 0 Å². The maximum atomic E-state index is 14.3. The van der Waals surface area contributed by atoms with E-state index in [9.17, 15) is 14.5 Å². The van der Waals surface area contributed by atoms with Crippen LogP contribution in [0, 0.1) is 33.2 Å². The van der Waals surface area contributed by atoms with Gasteiger partial charge in [-0.1, -0.05) is 42.2 Å². The molecule has 2 aromatic carbocycles. The Morgan fingerprint density at radius 3 is 2.67 bits per heavy atom. The third-order valence-corrected chi connectivity index (χ3v) is 4.98. The van der Waals surface area contributed by atoms with E-state index < -0.39 is 27.6 Å². The van der Waals surface area contributed by atoms with Crippen molar-refractivity contribution in [1.82, 2.24) is 0 Å². The first kappa shape index (κ1) is 24.6. The Morgan fingerprint density at radius 2 is 2.03 bits per heavy atom. The van der Waals surface area contributed by atoms with Gasteiger partial charge in [0.25, 0.3) is 0 Å². The van der Waals surface area contributed by atoms with Gasteiger partial charge in [0.2, 0.25) is 5.82 Å². The minimum absolute atomic E-state index is 0.234. The third kappa shape index (κ3) is 7.26. The molecule has 1 N–H and O–H groups in total. The molecular formula is C25H29FN2O5. The molecule has 2 aromatic rings. The lowest BCUT2D eigenvalue weighted by atomic mass is 9.95. The smallest absolute Gasteiger partial charge is 0.306 e. The molecule has 0 amide bonds. The van der Waals surface area contributed by atoms with Crippen molar-refractivity contribution >= 4 is 11.4 Å². The van der Waals surface area contributed by atoms with Gasteiger partial charge >= 0.3 is 5.69 Å². The molecule has 33 heavy (non-hydrogen) atoms. The van der Waals surface area contributed by atoms with Crippen LogP contribution in [0.2, 0.25) is 0 Å². The summed E-state index contributed by atoms with van der Waals surface area (Å²) in [5.41, 5.74) is 0.604. The third-order valence-electron chi connectivity index (χ3n) is 4.98. The number of halogens is 1. The molecule has 0 aromatic heterocycles. The minimum atomic E-state index is -0.928. The van der Waals surface area contributed by atoms with Crippen LogP contribution in [0.25, 0.3) is 0 Å². The summed E-state index contributed by atoms with van der Waals surface area (Å²) in [6.07, 6.45) is -0.234. The zero-order valence-electron chi connectivity index (χ0n) is 19.3. The van der Waals surface area contributed by atoms with Crippen molar-refractivity contribution in [2.75, 3.05) is 25.1 Å². The number of hydrogen-bond donors (Lipinski definition) is 1. The fraction of sp³-hybridized carbons (Fsp3) is 0.440. The summed E-state index contributed by atoms with van der Waals surface area (Å²) in [6, 6.07) is 12.1. The van der Waals surface area contributed by atoms with Crippen molar-refractivity contribution in [3.63, 3.8) is 0 Å². The zero-order chi connectivity index (χ0) is 24.1. The number of nitro benzene ring substituents is 1. The number of anilines is 1. The highest BCUT2D eigenvalue weighted by atomic mass is 19.1. The first-order valence-corrected chi connectivity index (χ1v) is 10.7. The summed E-state index contributed by atoms with van der Waals surface area (Å²) in [5.74, 6) is 4.48. The molecule has 1 atom stereocenters. The molecular weight excluding hydrogens is 427 g/mol. The lowest BCUT2D eigenvalue weighted by Crippen LogP contribution is -2.26. The number of nitrogens with zero attached hydrogens (tertiary/aromatic N) is 1. The zero-order valence-corrected chi connectivity index (χ0v) is 19.3. The highest BCUT2D eigenvalue weighted by molar-refractivity contribution is 5.63. The monoisotopic (exact) mass is 456 g/mol. The number of hydrogen-bond acceptors (Lipinski definition) is 6. The van der Waals surface area contributed by atoms with E-state index in [1.807, 2.05) is 58.0 Å². The Hall–Kier alpha value is -2.99. The normalized spacial score (nSPS) is 17.3. The van der Waals surface area contributed by atoms with Crippen LogP contribution in [0.15, 0.2) is 42.5 Å². The van der Waals surface area contributed by atoms with Gasteiger partial charge in [0.15, 0.2) is 5.79 Å². The summed E-state index contributed by atoms with van der Waals surface area (Å²) in [5, 5.41) is 14.3. The van der Waals surface area contributed by atoms with Gasteiger partial charge < -0.3 is 19.5 Å². The molecule has 0 saturated carbocycles. The standard InChI is InChI=1S/C25H29FN2O5/c1-24(2,17-31-15-18-8-6-5-7-9-18)11-10-19-12-23(28(29)30)21(26)13-22(19)27-14-20-16-32-25(3,4)33-20/h5-9,12-13,20,27H,14-17H2,1-4H3. The van der Waals surface area contributed by atoms with Gasteiger partial charge in [-0.3, -0.25) is 10.1 Å². The Bertz CT molecular complexity index is 1040. The molecule has 1 saturated heterocycles. The van der Waals surface area contributed by atoms with E-state index in [4.69, 9.17) is 14.2 Å². The van der Waals surface area contributed by atoms with E-state index in [0.29, 0.717) is 37.6 Å². The van der Waals surface area contributed by atoms with E-state index in [0.717, 1.165) is 17.7 Å². The summed E-state index contributed by atoms with van der Waals surface area (Å²) in [6.45, 7) is 9.03. The number of benzene rings is 2. The van der Waals surface area contributed by atoms with Crippen LogP contribution in [0.3, 0.4) is 0 Å². The van der Waals surface area contributed by atoms with Crippen LogP contribution >= 0.6 is 0 Å². The van der Waals surface area contributed by atoms with Gasteiger partial charge in [0, 0.05) is 24.1 Å². The van der Waals surface area contributed by atoms with Crippen molar-refractivity contribution in [2.24, 2.45) is 5.41 Å².